The van der Waals surface area contributed by atoms with E-state index >= 15 is 0 Å². The molecule has 2 N–H and O–H groups in total. The van der Waals surface area contributed by atoms with Crippen LogP contribution in [0.2, 0.25) is 0 Å². The summed E-state index contributed by atoms with van der Waals surface area (Å²) in [6.45, 7) is 9.00. The molecule has 0 aromatic heterocycles. The molecular formula is C28H39N5O6. The molecule has 0 bridgehead atoms. The van der Waals surface area contributed by atoms with Gasteiger partial charge in [-0.1, -0.05) is 0 Å². The Morgan fingerprint density at radius 3 is 2.33 bits per heavy atom. The van der Waals surface area contributed by atoms with E-state index in [-0.39, 0.29) is 30.4 Å². The van der Waals surface area contributed by atoms with Crippen LogP contribution in [-0.2, 0) is 16.1 Å². The van der Waals surface area contributed by atoms with Crippen molar-refractivity contribution in [2.75, 3.05) is 39.8 Å². The van der Waals surface area contributed by atoms with Gasteiger partial charge in [0.1, 0.15) is 16.9 Å². The smallest absolute Gasteiger partial charge is 0.410 e. The number of rotatable bonds is 5. The first-order chi connectivity index (χ1) is 18.5. The maximum atomic E-state index is 13.2. The number of hydrogen-bond donors (Lipinski definition) is 2. The second-order valence-corrected chi connectivity index (χ2v) is 12.1. The number of carbonyl (C=O) groups is 4. The van der Waals surface area contributed by atoms with Gasteiger partial charge >= 0.3 is 12.1 Å². The number of methoxy groups -OCH3 is 1. The fourth-order valence-corrected chi connectivity index (χ4v) is 6.44. The summed E-state index contributed by atoms with van der Waals surface area (Å²) in [5.74, 6) is 0.0653. The number of likely N-dealkylation sites (tertiary alicyclic amines) is 2. The van der Waals surface area contributed by atoms with Gasteiger partial charge in [0.15, 0.2) is 0 Å². The van der Waals surface area contributed by atoms with Gasteiger partial charge in [0.25, 0.3) is 11.8 Å². The first-order valence-corrected chi connectivity index (χ1v) is 13.8. The lowest BCUT2D eigenvalue weighted by Gasteiger charge is -2.45. The number of hydrogen-bond acceptors (Lipinski definition) is 7. The molecule has 0 spiro atoms. The lowest BCUT2D eigenvalue weighted by molar-refractivity contribution is -0.127. The fourth-order valence-electron chi connectivity index (χ4n) is 6.44. The molecular weight excluding hydrogens is 502 g/mol. The molecule has 0 saturated carbocycles. The number of nitrogens with one attached hydrogen (secondary N) is 2. The van der Waals surface area contributed by atoms with Crippen LogP contribution >= 0.6 is 0 Å². The Morgan fingerprint density at radius 2 is 1.74 bits per heavy atom. The highest BCUT2D eigenvalue weighted by Crippen LogP contribution is 2.36. The maximum Gasteiger partial charge on any atom is 0.410 e. The standard InChI is InChI=1S/C28H39N5O6/c1-27(2,3)39-26(37)32-13-9-20(10-14-32)31-11-7-19(8-12-31)28(24(35)29-25(36)30-28)17-33-16-18-15-21(38-4)5-6-22(18)23(33)34/h5-6,15,19-20H,7-14,16-17H2,1-4H3,(H2,29,30,35,36). The maximum absolute atomic E-state index is 13.2. The number of piperidine rings is 2. The van der Waals surface area contributed by atoms with Crippen LogP contribution in [0.5, 0.6) is 5.75 Å². The van der Waals surface area contributed by atoms with E-state index in [0.29, 0.717) is 37.0 Å². The van der Waals surface area contributed by atoms with Crippen LogP contribution in [0.25, 0.3) is 0 Å². The third kappa shape index (κ3) is 5.41. The molecule has 212 valence electrons. The Hall–Kier alpha value is -3.34. The highest BCUT2D eigenvalue weighted by molar-refractivity contribution is 6.08. The zero-order chi connectivity index (χ0) is 27.9. The number of urea groups is 1. The predicted molar refractivity (Wildman–Crippen MR) is 142 cm³/mol. The number of benzene rings is 1. The number of nitrogens with zero attached hydrogens (tertiary/aromatic N) is 3. The lowest BCUT2D eigenvalue weighted by Crippen LogP contribution is -2.62. The molecule has 1 aromatic rings. The highest BCUT2D eigenvalue weighted by Gasteiger charge is 2.54. The van der Waals surface area contributed by atoms with Crippen LogP contribution in [0.3, 0.4) is 0 Å². The van der Waals surface area contributed by atoms with Gasteiger partial charge in [-0.15, -0.1) is 0 Å². The molecule has 11 heteroatoms. The molecule has 1 atom stereocenters. The van der Waals surface area contributed by atoms with Gasteiger partial charge < -0.3 is 29.5 Å². The molecule has 1 unspecified atom stereocenters. The van der Waals surface area contributed by atoms with E-state index in [1.165, 1.54) is 0 Å². The number of amides is 5. The second kappa shape index (κ2) is 10.3. The average Bonchev–Trinajstić information content (AvgIpc) is 3.37. The topological polar surface area (TPSA) is 121 Å². The largest absolute Gasteiger partial charge is 0.497 e. The van der Waals surface area contributed by atoms with Crippen LogP contribution in [0.15, 0.2) is 18.2 Å². The molecule has 4 aliphatic heterocycles. The van der Waals surface area contributed by atoms with Crippen molar-refractivity contribution in [1.82, 2.24) is 25.3 Å². The van der Waals surface area contributed by atoms with Gasteiger partial charge in [-0.25, -0.2) is 9.59 Å². The van der Waals surface area contributed by atoms with Crippen molar-refractivity contribution in [2.45, 2.75) is 70.2 Å². The summed E-state index contributed by atoms with van der Waals surface area (Å²) in [6.07, 6.45) is 2.93. The van der Waals surface area contributed by atoms with Crippen LogP contribution in [0.1, 0.15) is 62.4 Å². The van der Waals surface area contributed by atoms with E-state index in [4.69, 9.17) is 9.47 Å². The Balaban J connectivity index is 1.21. The van der Waals surface area contributed by atoms with E-state index < -0.39 is 17.2 Å². The van der Waals surface area contributed by atoms with Gasteiger partial charge in [0, 0.05) is 31.2 Å². The van der Waals surface area contributed by atoms with Crippen LogP contribution in [-0.4, -0.2) is 95.7 Å². The van der Waals surface area contributed by atoms with Gasteiger partial charge in [0.05, 0.1) is 13.7 Å². The zero-order valence-electron chi connectivity index (χ0n) is 23.2. The number of fused-ring (bicyclic) bond motifs is 1. The summed E-state index contributed by atoms with van der Waals surface area (Å²) in [4.78, 5) is 57.1. The summed E-state index contributed by atoms with van der Waals surface area (Å²) < 4.78 is 10.8. The van der Waals surface area contributed by atoms with Gasteiger partial charge in [-0.3, -0.25) is 14.9 Å². The summed E-state index contributed by atoms with van der Waals surface area (Å²) in [6, 6.07) is 5.21. The van der Waals surface area contributed by atoms with Gasteiger partial charge in [0.2, 0.25) is 0 Å². The SMILES string of the molecule is COc1ccc2c(c1)CN(CC1(C3CCN(C4CCN(C(=O)OC(C)(C)C)CC4)CC3)NC(=O)NC1=O)C2=O. The number of ether oxygens (including phenoxy) is 2. The first-order valence-electron chi connectivity index (χ1n) is 13.8. The second-order valence-electron chi connectivity index (χ2n) is 12.1. The van der Waals surface area contributed by atoms with Crippen molar-refractivity contribution in [3.63, 3.8) is 0 Å². The Bertz CT molecular complexity index is 1150. The monoisotopic (exact) mass is 541 g/mol. The minimum Gasteiger partial charge on any atom is -0.497 e. The van der Waals surface area contributed by atoms with E-state index in [9.17, 15) is 19.2 Å². The first kappa shape index (κ1) is 27.2. The normalized spacial score (nSPS) is 25.0. The van der Waals surface area contributed by atoms with Crippen molar-refractivity contribution in [3.05, 3.63) is 29.3 Å². The van der Waals surface area contributed by atoms with Crippen molar-refractivity contribution >= 4 is 23.9 Å². The van der Waals surface area contributed by atoms with Crippen molar-refractivity contribution in [3.8, 4) is 5.75 Å². The lowest BCUT2D eigenvalue weighted by atomic mass is 9.76. The van der Waals surface area contributed by atoms with Crippen LogP contribution in [0.4, 0.5) is 9.59 Å². The Kier molecular flexibility index (Phi) is 7.21. The molecule has 39 heavy (non-hydrogen) atoms. The minimum atomic E-state index is -1.16. The van der Waals surface area contributed by atoms with Crippen molar-refractivity contribution < 1.29 is 28.7 Å². The Morgan fingerprint density at radius 1 is 1.05 bits per heavy atom. The third-order valence-corrected chi connectivity index (χ3v) is 8.46. The minimum absolute atomic E-state index is 0.104. The van der Waals surface area contributed by atoms with E-state index in [1.807, 2.05) is 26.8 Å². The molecule has 0 radical (unpaired) electrons. The quantitative estimate of drug-likeness (QED) is 0.549. The van der Waals surface area contributed by atoms with Gasteiger partial charge in [-0.2, -0.15) is 0 Å². The predicted octanol–water partition coefficient (Wildman–Crippen LogP) is 2.34. The molecule has 5 amide bonds. The van der Waals surface area contributed by atoms with Crippen LogP contribution in [0, 0.1) is 5.92 Å². The number of carbonyl (C=O) groups excluding carboxylic acids is 4. The zero-order valence-corrected chi connectivity index (χ0v) is 23.2. The summed E-state index contributed by atoms with van der Waals surface area (Å²) >= 11 is 0. The molecule has 3 fully saturated rings. The molecule has 11 nitrogen and oxygen atoms in total. The summed E-state index contributed by atoms with van der Waals surface area (Å²) in [7, 11) is 1.58. The van der Waals surface area contributed by atoms with Crippen molar-refractivity contribution in [2.24, 2.45) is 5.92 Å². The molecule has 0 aliphatic carbocycles. The van der Waals surface area contributed by atoms with Crippen molar-refractivity contribution in [1.29, 1.82) is 0 Å². The van der Waals surface area contributed by atoms with E-state index in [1.54, 1.807) is 29.0 Å². The molecule has 1 aromatic carbocycles. The third-order valence-electron chi connectivity index (χ3n) is 8.46. The highest BCUT2D eigenvalue weighted by atomic mass is 16.6. The molecule has 4 heterocycles. The fraction of sp³-hybridized carbons (Fsp3) is 0.643. The molecule has 3 saturated heterocycles. The van der Waals surface area contributed by atoms with Gasteiger partial charge in [-0.05, 0) is 89.2 Å². The molecule has 4 aliphatic rings. The van der Waals surface area contributed by atoms with E-state index in [2.05, 4.69) is 15.5 Å². The Labute approximate surface area is 229 Å². The number of imide groups is 1. The summed E-state index contributed by atoms with van der Waals surface area (Å²) in [5, 5.41) is 5.35. The molecule has 5 rings (SSSR count). The van der Waals surface area contributed by atoms with E-state index in [0.717, 1.165) is 44.3 Å². The summed E-state index contributed by atoms with van der Waals surface area (Å²) in [5.41, 5.74) is -0.219. The average molecular weight is 542 g/mol. The van der Waals surface area contributed by atoms with Crippen LogP contribution < -0.4 is 15.4 Å².